The highest BCUT2D eigenvalue weighted by molar-refractivity contribution is 6.30. The van der Waals surface area contributed by atoms with Crippen LogP contribution in [0.5, 0.6) is 0 Å². The number of aromatic nitrogens is 1. The lowest BCUT2D eigenvalue weighted by atomic mass is 10.1. The molecule has 9 heteroatoms. The highest BCUT2D eigenvalue weighted by atomic mass is 35.5. The fraction of sp³-hybridized carbons (Fsp3) is 0.200. The van der Waals surface area contributed by atoms with Crippen LogP contribution < -0.4 is 5.32 Å². The number of esters is 1. The summed E-state index contributed by atoms with van der Waals surface area (Å²) in [5.74, 6) is -0.333. The summed E-state index contributed by atoms with van der Waals surface area (Å²) < 4.78 is 9.56. The summed E-state index contributed by atoms with van der Waals surface area (Å²) in [4.78, 5) is 28.1. The molecule has 0 aliphatic carbocycles. The normalized spacial score (nSPS) is 11.1. The van der Waals surface area contributed by atoms with Crippen LogP contribution in [0.2, 0.25) is 5.02 Å². The van der Waals surface area contributed by atoms with Crippen molar-refractivity contribution in [1.82, 2.24) is 5.16 Å². The lowest BCUT2D eigenvalue weighted by Gasteiger charge is -2.04. The van der Waals surface area contributed by atoms with Crippen molar-refractivity contribution in [3.8, 4) is 0 Å². The van der Waals surface area contributed by atoms with Gasteiger partial charge in [0.15, 0.2) is 0 Å². The van der Waals surface area contributed by atoms with Gasteiger partial charge in [-0.2, -0.15) is 0 Å². The number of carbonyl (C=O) groups is 2. The third kappa shape index (κ3) is 4.11. The zero-order chi connectivity index (χ0) is 17.7. The molecule has 0 spiro atoms. The van der Waals surface area contributed by atoms with Crippen LogP contribution in [0.3, 0.4) is 0 Å². The standard InChI is InChI=1S/C15H14ClN3O5/c1-8(12-9(2)23-19-13(12)14(20)22-3)18-24-15(21)17-11-6-4-10(16)5-7-11/h4-7H,1-3H3,(H,17,21). The molecule has 0 aliphatic rings. The van der Waals surface area contributed by atoms with Crippen molar-refractivity contribution in [2.75, 3.05) is 12.4 Å². The largest absolute Gasteiger partial charge is 0.464 e. The van der Waals surface area contributed by atoms with Gasteiger partial charge in [0.05, 0.1) is 18.4 Å². The van der Waals surface area contributed by atoms with Gasteiger partial charge in [0.1, 0.15) is 5.76 Å². The second-order valence-electron chi connectivity index (χ2n) is 4.64. The molecule has 2 aromatic rings. The van der Waals surface area contributed by atoms with Crippen molar-refractivity contribution >= 4 is 35.1 Å². The number of aryl methyl sites for hydroxylation is 1. The number of benzene rings is 1. The number of amides is 1. The average Bonchev–Trinajstić information content (AvgIpc) is 2.95. The van der Waals surface area contributed by atoms with Gasteiger partial charge < -0.3 is 9.26 Å². The van der Waals surface area contributed by atoms with Gasteiger partial charge in [-0.15, -0.1) is 0 Å². The topological polar surface area (TPSA) is 103 Å². The second-order valence-corrected chi connectivity index (χ2v) is 5.08. The molecule has 0 fully saturated rings. The molecular weight excluding hydrogens is 338 g/mol. The Hall–Kier alpha value is -2.87. The first-order valence-corrected chi connectivity index (χ1v) is 7.13. The average molecular weight is 352 g/mol. The Morgan fingerprint density at radius 3 is 2.58 bits per heavy atom. The molecule has 0 radical (unpaired) electrons. The lowest BCUT2D eigenvalue weighted by molar-refractivity contribution is 0.0589. The summed E-state index contributed by atoms with van der Waals surface area (Å²) >= 11 is 5.76. The summed E-state index contributed by atoms with van der Waals surface area (Å²) in [6.07, 6.45) is -0.801. The quantitative estimate of drug-likeness (QED) is 0.392. The zero-order valence-electron chi connectivity index (χ0n) is 13.1. The maximum atomic E-state index is 11.7. The smallest absolute Gasteiger partial charge is 0.437 e. The summed E-state index contributed by atoms with van der Waals surface area (Å²) in [6, 6.07) is 6.46. The third-order valence-electron chi connectivity index (χ3n) is 2.96. The van der Waals surface area contributed by atoms with E-state index in [9.17, 15) is 9.59 Å². The van der Waals surface area contributed by atoms with Crippen LogP contribution in [-0.4, -0.2) is 30.0 Å². The van der Waals surface area contributed by atoms with E-state index in [2.05, 4.69) is 20.4 Å². The molecule has 1 aromatic heterocycles. The first-order chi connectivity index (χ1) is 11.4. The number of nitrogens with one attached hydrogen (secondary N) is 1. The van der Waals surface area contributed by atoms with E-state index < -0.39 is 12.1 Å². The van der Waals surface area contributed by atoms with Gasteiger partial charge in [-0.1, -0.05) is 21.9 Å². The van der Waals surface area contributed by atoms with Crippen LogP contribution in [0.4, 0.5) is 10.5 Å². The molecule has 0 unspecified atom stereocenters. The van der Waals surface area contributed by atoms with Gasteiger partial charge >= 0.3 is 12.1 Å². The summed E-state index contributed by atoms with van der Waals surface area (Å²) in [5.41, 5.74) is 0.994. The summed E-state index contributed by atoms with van der Waals surface area (Å²) in [5, 5.41) is 10.3. The van der Waals surface area contributed by atoms with Crippen molar-refractivity contribution < 1.29 is 23.7 Å². The number of oxime groups is 1. The fourth-order valence-electron chi connectivity index (χ4n) is 1.86. The summed E-state index contributed by atoms with van der Waals surface area (Å²) in [6.45, 7) is 3.14. The van der Waals surface area contributed by atoms with E-state index >= 15 is 0 Å². The van der Waals surface area contributed by atoms with Crippen LogP contribution in [0.15, 0.2) is 33.9 Å². The van der Waals surface area contributed by atoms with Crippen LogP contribution in [0.1, 0.15) is 28.7 Å². The van der Waals surface area contributed by atoms with Crippen molar-refractivity contribution in [2.24, 2.45) is 5.16 Å². The second kappa shape index (κ2) is 7.60. The molecule has 1 aromatic carbocycles. The molecule has 8 nitrogen and oxygen atoms in total. The van der Waals surface area contributed by atoms with Gasteiger partial charge in [-0.05, 0) is 38.1 Å². The molecule has 126 valence electrons. The fourth-order valence-corrected chi connectivity index (χ4v) is 1.99. The van der Waals surface area contributed by atoms with E-state index in [0.29, 0.717) is 22.0 Å². The van der Waals surface area contributed by atoms with Crippen molar-refractivity contribution in [1.29, 1.82) is 0 Å². The highest BCUT2D eigenvalue weighted by Gasteiger charge is 2.23. The van der Waals surface area contributed by atoms with E-state index in [4.69, 9.17) is 21.0 Å². The minimum absolute atomic E-state index is 0.0436. The third-order valence-corrected chi connectivity index (χ3v) is 3.21. The molecule has 2 rings (SSSR count). The number of nitrogens with zero attached hydrogens (tertiary/aromatic N) is 2. The number of carbonyl (C=O) groups excluding carboxylic acids is 2. The number of methoxy groups -OCH3 is 1. The predicted octanol–water partition coefficient (Wildman–Crippen LogP) is 3.40. The van der Waals surface area contributed by atoms with Gasteiger partial charge in [-0.25, -0.2) is 9.59 Å². The van der Waals surface area contributed by atoms with Crippen molar-refractivity contribution in [3.05, 3.63) is 46.3 Å². The van der Waals surface area contributed by atoms with Crippen LogP contribution in [-0.2, 0) is 9.57 Å². The number of hydrogen-bond donors (Lipinski definition) is 1. The van der Waals surface area contributed by atoms with E-state index in [1.54, 1.807) is 38.1 Å². The number of ether oxygens (including phenoxy) is 1. The van der Waals surface area contributed by atoms with Crippen LogP contribution in [0, 0.1) is 6.92 Å². The molecule has 0 bridgehead atoms. The van der Waals surface area contributed by atoms with Crippen LogP contribution >= 0.6 is 11.6 Å². The van der Waals surface area contributed by atoms with Crippen molar-refractivity contribution in [3.63, 3.8) is 0 Å². The Labute approximate surface area is 142 Å². The minimum Gasteiger partial charge on any atom is -0.464 e. The van der Waals surface area contributed by atoms with E-state index in [1.165, 1.54) is 7.11 Å². The predicted molar refractivity (Wildman–Crippen MR) is 86.3 cm³/mol. The molecule has 0 saturated carbocycles. The molecule has 1 heterocycles. The Morgan fingerprint density at radius 2 is 1.96 bits per heavy atom. The van der Waals surface area contributed by atoms with E-state index in [0.717, 1.165) is 0 Å². The number of rotatable bonds is 4. The number of anilines is 1. The molecule has 24 heavy (non-hydrogen) atoms. The molecule has 0 saturated heterocycles. The highest BCUT2D eigenvalue weighted by Crippen LogP contribution is 2.16. The minimum atomic E-state index is -0.801. The molecular formula is C15H14ClN3O5. The zero-order valence-corrected chi connectivity index (χ0v) is 13.9. The first-order valence-electron chi connectivity index (χ1n) is 6.75. The lowest BCUT2D eigenvalue weighted by Crippen LogP contribution is -2.13. The Bertz CT molecular complexity index is 783. The van der Waals surface area contributed by atoms with Crippen molar-refractivity contribution in [2.45, 2.75) is 13.8 Å². The molecule has 0 atom stereocenters. The Kier molecular flexibility index (Phi) is 5.54. The monoisotopic (exact) mass is 351 g/mol. The number of halogens is 1. The van der Waals surface area contributed by atoms with Gasteiger partial charge in [0.25, 0.3) is 0 Å². The van der Waals surface area contributed by atoms with E-state index in [-0.39, 0.29) is 11.4 Å². The molecule has 0 aliphatic heterocycles. The maximum Gasteiger partial charge on any atom is 0.437 e. The first kappa shape index (κ1) is 17.5. The number of hydrogen-bond acceptors (Lipinski definition) is 7. The van der Waals surface area contributed by atoms with Gasteiger partial charge in [0, 0.05) is 10.7 Å². The van der Waals surface area contributed by atoms with Gasteiger partial charge in [0.2, 0.25) is 5.69 Å². The Morgan fingerprint density at radius 1 is 1.29 bits per heavy atom. The van der Waals surface area contributed by atoms with E-state index in [1.807, 2.05) is 0 Å². The summed E-state index contributed by atoms with van der Waals surface area (Å²) in [7, 11) is 1.22. The van der Waals surface area contributed by atoms with Gasteiger partial charge in [-0.3, -0.25) is 10.2 Å². The van der Waals surface area contributed by atoms with Crippen LogP contribution in [0.25, 0.3) is 0 Å². The molecule has 1 amide bonds. The maximum absolute atomic E-state index is 11.7. The Balaban J connectivity index is 2.09. The SMILES string of the molecule is COC(=O)c1noc(C)c1C(C)=NOC(=O)Nc1ccc(Cl)cc1. The molecule has 1 N–H and O–H groups in total.